The van der Waals surface area contributed by atoms with Crippen LogP contribution in [0.3, 0.4) is 0 Å². The largest absolute Gasteiger partial charge is 0.456 e. The summed E-state index contributed by atoms with van der Waals surface area (Å²) < 4.78 is 18.7. The summed E-state index contributed by atoms with van der Waals surface area (Å²) >= 11 is 0. The number of hydrogen-bond donors (Lipinski definition) is 2. The average molecular weight is 449 g/mol. The van der Waals surface area contributed by atoms with Gasteiger partial charge in [0.25, 0.3) is 11.6 Å². The van der Waals surface area contributed by atoms with Crippen LogP contribution in [0.4, 0.5) is 20.6 Å². The Morgan fingerprint density at radius 1 is 1.18 bits per heavy atom. The van der Waals surface area contributed by atoms with Crippen molar-refractivity contribution in [3.63, 3.8) is 0 Å². The molecule has 0 bridgehead atoms. The van der Waals surface area contributed by atoms with E-state index < -0.39 is 22.7 Å². The van der Waals surface area contributed by atoms with Crippen LogP contribution in [0.15, 0.2) is 75.8 Å². The number of nitro benzene ring substituents is 1. The van der Waals surface area contributed by atoms with E-state index in [2.05, 4.69) is 15.6 Å². The lowest BCUT2D eigenvalue weighted by Crippen LogP contribution is -2.29. The van der Waals surface area contributed by atoms with Crippen LogP contribution in [0.5, 0.6) is 0 Å². The second-order valence-corrected chi connectivity index (χ2v) is 6.89. The predicted molar refractivity (Wildman–Crippen MR) is 118 cm³/mol. The van der Waals surface area contributed by atoms with Crippen LogP contribution in [0.25, 0.3) is 17.4 Å². The number of para-hydroxylation sites is 1. The SMILES string of the molecule is CN1/C(=C\c2ccc(-c3ccccc3[N+](=O)[O-])o2)C(=O)N/C1=N\C(=O)Nc1ccc(F)cc1. The normalized spacial score (nSPS) is 15.7. The van der Waals surface area contributed by atoms with Crippen molar-refractivity contribution in [2.45, 2.75) is 0 Å². The molecule has 1 aliphatic heterocycles. The van der Waals surface area contributed by atoms with Gasteiger partial charge < -0.3 is 14.6 Å². The number of nitrogens with one attached hydrogen (secondary N) is 2. The highest BCUT2D eigenvalue weighted by Gasteiger charge is 2.29. The van der Waals surface area contributed by atoms with E-state index in [-0.39, 0.29) is 28.9 Å². The number of anilines is 1. The summed E-state index contributed by atoms with van der Waals surface area (Å²) in [5.41, 5.74) is 0.679. The summed E-state index contributed by atoms with van der Waals surface area (Å²) in [6.07, 6.45) is 1.42. The van der Waals surface area contributed by atoms with E-state index in [9.17, 15) is 24.1 Å². The quantitative estimate of drug-likeness (QED) is 0.352. The first-order valence-electron chi connectivity index (χ1n) is 9.57. The topological polar surface area (TPSA) is 130 Å². The number of urea groups is 1. The molecule has 11 heteroatoms. The Morgan fingerprint density at radius 2 is 1.91 bits per heavy atom. The summed E-state index contributed by atoms with van der Waals surface area (Å²) in [7, 11) is 1.53. The minimum Gasteiger partial charge on any atom is -0.456 e. The Bertz CT molecular complexity index is 1310. The number of likely N-dealkylation sites (N-methyl/N-ethyl adjacent to an activating group) is 1. The smallest absolute Gasteiger partial charge is 0.348 e. The number of furan rings is 1. The van der Waals surface area contributed by atoms with Crippen LogP contribution in [0, 0.1) is 15.9 Å². The van der Waals surface area contributed by atoms with Gasteiger partial charge in [0.2, 0.25) is 5.96 Å². The van der Waals surface area contributed by atoms with Crippen molar-refractivity contribution < 1.29 is 23.3 Å². The van der Waals surface area contributed by atoms with E-state index in [0.717, 1.165) is 0 Å². The van der Waals surface area contributed by atoms with Gasteiger partial charge in [-0.15, -0.1) is 0 Å². The number of halogens is 1. The van der Waals surface area contributed by atoms with Crippen molar-refractivity contribution >= 4 is 35.3 Å². The molecule has 0 radical (unpaired) electrons. The summed E-state index contributed by atoms with van der Waals surface area (Å²) in [6.45, 7) is 0. The highest BCUT2D eigenvalue weighted by atomic mass is 19.1. The molecule has 0 aliphatic carbocycles. The number of nitrogens with zero attached hydrogens (tertiary/aromatic N) is 3. The number of benzene rings is 2. The second kappa shape index (κ2) is 8.75. The van der Waals surface area contributed by atoms with Crippen LogP contribution in [-0.4, -0.2) is 34.8 Å². The molecule has 3 amide bonds. The van der Waals surface area contributed by atoms with Crippen LogP contribution >= 0.6 is 0 Å². The van der Waals surface area contributed by atoms with Crippen molar-refractivity contribution in [2.24, 2.45) is 4.99 Å². The fourth-order valence-corrected chi connectivity index (χ4v) is 3.11. The molecule has 0 saturated carbocycles. The first kappa shape index (κ1) is 21.4. The number of rotatable bonds is 4. The minimum absolute atomic E-state index is 0.0173. The lowest BCUT2D eigenvalue weighted by molar-refractivity contribution is -0.384. The summed E-state index contributed by atoms with van der Waals surface area (Å²) in [6, 6.07) is 13.6. The number of guanidine groups is 1. The number of amides is 3. The van der Waals surface area contributed by atoms with Crippen molar-refractivity contribution in [2.75, 3.05) is 12.4 Å². The van der Waals surface area contributed by atoms with E-state index in [1.807, 2.05) is 0 Å². The molecular weight excluding hydrogens is 433 g/mol. The Hall–Kier alpha value is -4.80. The van der Waals surface area contributed by atoms with Gasteiger partial charge in [0.05, 0.1) is 10.5 Å². The molecular formula is C22H16FN5O5. The number of hydrogen-bond acceptors (Lipinski definition) is 5. The fourth-order valence-electron chi connectivity index (χ4n) is 3.11. The van der Waals surface area contributed by atoms with Gasteiger partial charge in [-0.1, -0.05) is 12.1 Å². The number of carbonyl (C=O) groups excluding carboxylic acids is 2. The van der Waals surface area contributed by atoms with E-state index >= 15 is 0 Å². The van der Waals surface area contributed by atoms with Crippen LogP contribution in [0.1, 0.15) is 5.76 Å². The van der Waals surface area contributed by atoms with Crippen molar-refractivity contribution in [3.05, 3.63) is 88.1 Å². The molecule has 2 heterocycles. The van der Waals surface area contributed by atoms with Gasteiger partial charge in [-0.25, -0.2) is 9.18 Å². The third-order valence-corrected chi connectivity index (χ3v) is 4.71. The number of nitro groups is 1. The highest BCUT2D eigenvalue weighted by molar-refractivity contribution is 6.17. The molecule has 2 aromatic carbocycles. The number of carbonyl (C=O) groups is 2. The van der Waals surface area contributed by atoms with E-state index in [1.165, 1.54) is 48.4 Å². The maximum atomic E-state index is 13.0. The molecule has 0 atom stereocenters. The number of aliphatic imine (C=N–C) groups is 1. The molecule has 166 valence electrons. The molecule has 1 saturated heterocycles. The molecule has 33 heavy (non-hydrogen) atoms. The Balaban J connectivity index is 1.53. The Morgan fingerprint density at radius 3 is 2.64 bits per heavy atom. The lowest BCUT2D eigenvalue weighted by atomic mass is 10.1. The molecule has 0 unspecified atom stereocenters. The summed E-state index contributed by atoms with van der Waals surface area (Å²) in [4.78, 5) is 40.5. The zero-order valence-electron chi connectivity index (χ0n) is 17.1. The second-order valence-electron chi connectivity index (χ2n) is 6.89. The van der Waals surface area contributed by atoms with E-state index in [4.69, 9.17) is 4.42 Å². The molecule has 0 spiro atoms. The third kappa shape index (κ3) is 4.61. The Labute approximate surface area is 186 Å². The van der Waals surface area contributed by atoms with Crippen molar-refractivity contribution in [3.8, 4) is 11.3 Å². The van der Waals surface area contributed by atoms with Crippen molar-refractivity contribution in [1.29, 1.82) is 0 Å². The van der Waals surface area contributed by atoms with Crippen molar-refractivity contribution in [1.82, 2.24) is 10.2 Å². The fraction of sp³-hybridized carbons (Fsp3) is 0.0455. The zero-order chi connectivity index (χ0) is 23.5. The van der Waals surface area contributed by atoms with E-state index in [1.54, 1.807) is 30.3 Å². The van der Waals surface area contributed by atoms with Gasteiger partial charge in [-0.05, 0) is 42.5 Å². The first-order valence-corrected chi connectivity index (χ1v) is 9.57. The first-order chi connectivity index (χ1) is 15.8. The minimum atomic E-state index is -0.762. The summed E-state index contributed by atoms with van der Waals surface area (Å²) in [5, 5.41) is 16.2. The van der Waals surface area contributed by atoms with Gasteiger partial charge >= 0.3 is 6.03 Å². The molecule has 4 rings (SSSR count). The zero-order valence-corrected chi connectivity index (χ0v) is 17.1. The molecule has 3 aromatic rings. The van der Waals surface area contributed by atoms with Gasteiger partial charge in [-0.3, -0.25) is 20.2 Å². The van der Waals surface area contributed by atoms with Gasteiger partial charge in [0.15, 0.2) is 0 Å². The molecule has 1 aliphatic rings. The van der Waals surface area contributed by atoms with Crippen LogP contribution < -0.4 is 10.6 Å². The maximum Gasteiger partial charge on any atom is 0.348 e. The van der Waals surface area contributed by atoms with Gasteiger partial charge in [0.1, 0.15) is 23.0 Å². The standard InChI is InChI=1S/C22H16FN5O5/c1-27-18(12-15-10-11-19(33-15)16-4-2-3-5-17(16)28(31)32)20(29)25-21(27)26-22(30)24-14-8-6-13(23)7-9-14/h2-12H,1H3,(H2,24,25,26,29,30)/b18-12-. The molecule has 10 nitrogen and oxygen atoms in total. The predicted octanol–water partition coefficient (Wildman–Crippen LogP) is 3.98. The molecule has 2 N–H and O–H groups in total. The van der Waals surface area contributed by atoms with E-state index in [0.29, 0.717) is 11.3 Å². The molecule has 1 aromatic heterocycles. The van der Waals surface area contributed by atoms with Crippen LogP contribution in [0.2, 0.25) is 0 Å². The lowest BCUT2D eigenvalue weighted by Gasteiger charge is -2.10. The van der Waals surface area contributed by atoms with Gasteiger partial charge in [-0.2, -0.15) is 4.99 Å². The molecule has 1 fully saturated rings. The monoisotopic (exact) mass is 449 g/mol. The van der Waals surface area contributed by atoms with Gasteiger partial charge in [0, 0.05) is 24.9 Å². The van der Waals surface area contributed by atoms with Crippen LogP contribution in [-0.2, 0) is 4.79 Å². The highest BCUT2D eigenvalue weighted by Crippen LogP contribution is 2.31. The average Bonchev–Trinajstić information content (AvgIpc) is 3.36. The summed E-state index contributed by atoms with van der Waals surface area (Å²) in [5.74, 6) is -0.439. The Kier molecular flexibility index (Phi) is 5.68. The maximum absolute atomic E-state index is 13.0. The third-order valence-electron chi connectivity index (χ3n) is 4.71.